The lowest BCUT2D eigenvalue weighted by atomic mass is 9.95. The fraction of sp³-hybridized carbons (Fsp3) is 0.200. The molecule has 2 fully saturated rings. The molecule has 6 heteroatoms. The number of fused-ring (bicyclic) bond motifs is 1. The van der Waals surface area contributed by atoms with E-state index in [0.717, 1.165) is 10.6 Å². The average Bonchev–Trinajstić information content (AvgIpc) is 3.19. The Morgan fingerprint density at radius 2 is 1.86 bits per heavy atom. The SMILES string of the molecule is O=C1NC(=O)[C@@H]2ON(c3ccccc3)[C@@H](c3cccs3)[C@H]12. The maximum Gasteiger partial charge on any atom is 0.259 e. The Morgan fingerprint density at radius 3 is 2.57 bits per heavy atom. The minimum Gasteiger partial charge on any atom is -0.294 e. The third-order valence-electron chi connectivity index (χ3n) is 3.80. The van der Waals surface area contributed by atoms with E-state index in [4.69, 9.17) is 4.84 Å². The number of benzene rings is 1. The van der Waals surface area contributed by atoms with Crippen LogP contribution in [0.5, 0.6) is 0 Å². The maximum atomic E-state index is 12.1. The van der Waals surface area contributed by atoms with E-state index in [1.807, 2.05) is 47.8 Å². The molecule has 1 aromatic carbocycles. The summed E-state index contributed by atoms with van der Waals surface area (Å²) in [5.41, 5.74) is 0.839. The van der Waals surface area contributed by atoms with Gasteiger partial charge in [0.2, 0.25) is 5.91 Å². The van der Waals surface area contributed by atoms with Gasteiger partial charge in [0, 0.05) is 4.88 Å². The van der Waals surface area contributed by atoms with Crippen molar-refractivity contribution in [3.8, 4) is 0 Å². The number of anilines is 1. The standard InChI is InChI=1S/C15H12N2O3S/c18-14-11-12(10-7-4-8-21-10)17(9-5-2-1-3-6-9)20-13(11)15(19)16-14/h1-8,11-13H,(H,16,18,19)/t11-,12-,13+/m0/s1. The van der Waals surface area contributed by atoms with Crippen molar-refractivity contribution in [2.24, 2.45) is 5.92 Å². The lowest BCUT2D eigenvalue weighted by Gasteiger charge is -2.25. The summed E-state index contributed by atoms with van der Waals surface area (Å²) in [7, 11) is 0. The Kier molecular flexibility index (Phi) is 2.80. The first-order valence-corrected chi connectivity index (χ1v) is 7.53. The van der Waals surface area contributed by atoms with Crippen molar-refractivity contribution >= 4 is 28.8 Å². The van der Waals surface area contributed by atoms with Gasteiger partial charge in [-0.05, 0) is 23.6 Å². The van der Waals surface area contributed by atoms with Gasteiger partial charge in [-0.1, -0.05) is 24.3 Å². The molecule has 3 atom stereocenters. The number of hydrogen-bond donors (Lipinski definition) is 1. The summed E-state index contributed by atoms with van der Waals surface area (Å²) in [4.78, 5) is 30.8. The largest absolute Gasteiger partial charge is 0.294 e. The fourth-order valence-electron chi connectivity index (χ4n) is 2.88. The third kappa shape index (κ3) is 1.87. The first-order valence-electron chi connectivity index (χ1n) is 6.65. The molecule has 21 heavy (non-hydrogen) atoms. The highest BCUT2D eigenvalue weighted by atomic mass is 32.1. The summed E-state index contributed by atoms with van der Waals surface area (Å²) in [5, 5.41) is 6.01. The first kappa shape index (κ1) is 12.6. The summed E-state index contributed by atoms with van der Waals surface area (Å²) >= 11 is 1.56. The highest BCUT2D eigenvalue weighted by Crippen LogP contribution is 2.45. The van der Waals surface area contributed by atoms with Crippen LogP contribution in [0.4, 0.5) is 5.69 Å². The van der Waals surface area contributed by atoms with Crippen molar-refractivity contribution in [1.29, 1.82) is 0 Å². The summed E-state index contributed by atoms with van der Waals surface area (Å²) in [6.45, 7) is 0. The van der Waals surface area contributed by atoms with Gasteiger partial charge in [-0.25, -0.2) is 5.06 Å². The second-order valence-corrected chi connectivity index (χ2v) is 6.01. The number of amides is 2. The highest BCUT2D eigenvalue weighted by molar-refractivity contribution is 7.10. The number of thiophene rings is 1. The van der Waals surface area contributed by atoms with Crippen molar-refractivity contribution in [2.75, 3.05) is 5.06 Å². The lowest BCUT2D eigenvalue weighted by Crippen LogP contribution is -2.32. The van der Waals surface area contributed by atoms with Gasteiger partial charge in [-0.15, -0.1) is 11.3 Å². The van der Waals surface area contributed by atoms with E-state index >= 15 is 0 Å². The molecule has 0 unspecified atom stereocenters. The lowest BCUT2D eigenvalue weighted by molar-refractivity contribution is -0.129. The van der Waals surface area contributed by atoms with Crippen molar-refractivity contribution in [2.45, 2.75) is 12.1 Å². The zero-order valence-electron chi connectivity index (χ0n) is 10.9. The zero-order valence-corrected chi connectivity index (χ0v) is 11.7. The van der Waals surface area contributed by atoms with E-state index in [1.165, 1.54) is 0 Å². The molecule has 0 spiro atoms. The van der Waals surface area contributed by atoms with E-state index in [0.29, 0.717) is 0 Å². The third-order valence-corrected chi connectivity index (χ3v) is 4.74. The molecule has 4 rings (SSSR count). The molecule has 3 heterocycles. The van der Waals surface area contributed by atoms with Crippen LogP contribution < -0.4 is 10.4 Å². The van der Waals surface area contributed by atoms with Gasteiger partial charge in [0.15, 0.2) is 6.10 Å². The molecule has 106 valence electrons. The number of carbonyl (C=O) groups is 2. The minimum atomic E-state index is -0.746. The van der Waals surface area contributed by atoms with E-state index in [9.17, 15) is 9.59 Å². The molecule has 2 aliphatic rings. The molecule has 0 bridgehead atoms. The Labute approximate surface area is 125 Å². The summed E-state index contributed by atoms with van der Waals surface area (Å²) in [5.74, 6) is -1.12. The number of nitrogens with one attached hydrogen (secondary N) is 1. The number of hydrogen-bond acceptors (Lipinski definition) is 5. The second kappa shape index (κ2) is 4.68. The summed E-state index contributed by atoms with van der Waals surface area (Å²) in [6, 6.07) is 13.2. The Hall–Kier alpha value is -2.18. The summed E-state index contributed by atoms with van der Waals surface area (Å²) < 4.78 is 0. The molecule has 0 aliphatic carbocycles. The Bertz CT molecular complexity index is 686. The highest BCUT2D eigenvalue weighted by Gasteiger charge is 2.56. The first-order chi connectivity index (χ1) is 10.3. The number of nitrogens with zero attached hydrogens (tertiary/aromatic N) is 1. The van der Waals surface area contributed by atoms with Crippen molar-refractivity contribution in [1.82, 2.24) is 5.32 Å². The van der Waals surface area contributed by atoms with Crippen LogP contribution in [0, 0.1) is 5.92 Å². The van der Waals surface area contributed by atoms with Crippen LogP contribution in [0.25, 0.3) is 0 Å². The van der Waals surface area contributed by atoms with E-state index in [2.05, 4.69) is 5.32 Å². The van der Waals surface area contributed by atoms with E-state index in [-0.39, 0.29) is 17.9 Å². The van der Waals surface area contributed by atoms with Gasteiger partial charge >= 0.3 is 0 Å². The van der Waals surface area contributed by atoms with Crippen LogP contribution >= 0.6 is 11.3 Å². The quantitative estimate of drug-likeness (QED) is 0.860. The molecule has 2 saturated heterocycles. The zero-order chi connectivity index (χ0) is 14.4. The number of imide groups is 1. The minimum absolute atomic E-state index is 0.262. The number of hydroxylamine groups is 1. The molecule has 1 N–H and O–H groups in total. The molecule has 0 saturated carbocycles. The maximum absolute atomic E-state index is 12.1. The van der Waals surface area contributed by atoms with Crippen LogP contribution in [-0.2, 0) is 14.4 Å². The van der Waals surface area contributed by atoms with Gasteiger partial charge in [0.1, 0.15) is 12.0 Å². The molecular formula is C15H12N2O3S. The van der Waals surface area contributed by atoms with E-state index < -0.39 is 12.0 Å². The van der Waals surface area contributed by atoms with Gasteiger partial charge in [-0.3, -0.25) is 19.7 Å². The van der Waals surface area contributed by atoms with Crippen molar-refractivity contribution in [3.05, 3.63) is 52.7 Å². The molecule has 0 radical (unpaired) electrons. The van der Waals surface area contributed by atoms with Gasteiger partial charge in [-0.2, -0.15) is 0 Å². The Balaban J connectivity index is 1.80. The molecular weight excluding hydrogens is 288 g/mol. The monoisotopic (exact) mass is 300 g/mol. The van der Waals surface area contributed by atoms with Crippen LogP contribution in [0.15, 0.2) is 47.8 Å². The predicted octanol–water partition coefficient (Wildman–Crippen LogP) is 1.88. The van der Waals surface area contributed by atoms with Crippen LogP contribution in [0.3, 0.4) is 0 Å². The number of carbonyl (C=O) groups excluding carboxylic acids is 2. The molecule has 5 nitrogen and oxygen atoms in total. The van der Waals surface area contributed by atoms with Crippen LogP contribution in [-0.4, -0.2) is 17.9 Å². The Morgan fingerprint density at radius 1 is 1.05 bits per heavy atom. The van der Waals surface area contributed by atoms with Gasteiger partial charge in [0.25, 0.3) is 5.91 Å². The molecule has 1 aromatic heterocycles. The topological polar surface area (TPSA) is 58.6 Å². The van der Waals surface area contributed by atoms with Crippen molar-refractivity contribution in [3.63, 3.8) is 0 Å². The van der Waals surface area contributed by atoms with Crippen LogP contribution in [0.2, 0.25) is 0 Å². The molecule has 2 aromatic rings. The average molecular weight is 300 g/mol. The van der Waals surface area contributed by atoms with Gasteiger partial charge in [0.05, 0.1) is 5.69 Å². The molecule has 2 aliphatic heterocycles. The van der Waals surface area contributed by atoms with Crippen LogP contribution in [0.1, 0.15) is 10.9 Å². The normalized spacial score (nSPS) is 27.8. The predicted molar refractivity (Wildman–Crippen MR) is 77.5 cm³/mol. The number of para-hydroxylation sites is 1. The van der Waals surface area contributed by atoms with Gasteiger partial charge < -0.3 is 0 Å². The second-order valence-electron chi connectivity index (χ2n) is 5.03. The fourth-order valence-corrected chi connectivity index (χ4v) is 3.73. The van der Waals surface area contributed by atoms with E-state index in [1.54, 1.807) is 16.4 Å². The number of rotatable bonds is 2. The summed E-state index contributed by atoms with van der Waals surface area (Å²) in [6.07, 6.45) is -0.746. The smallest absolute Gasteiger partial charge is 0.259 e. The molecule has 2 amide bonds. The van der Waals surface area contributed by atoms with Crippen molar-refractivity contribution < 1.29 is 14.4 Å².